The summed E-state index contributed by atoms with van der Waals surface area (Å²) in [6, 6.07) is 6.55. The molecule has 2 amide bonds. The van der Waals surface area contributed by atoms with Crippen LogP contribution in [0.4, 0.5) is 14.5 Å². The normalized spacial score (nSPS) is 20.7. The number of carbonyl (C=O) groups is 2. The average Bonchev–Trinajstić information content (AvgIpc) is 3.03. The number of anilines is 1. The number of aliphatic hydroxyl groups excluding tert-OH is 1. The summed E-state index contributed by atoms with van der Waals surface area (Å²) in [4.78, 5) is 25.8. The lowest BCUT2D eigenvalue weighted by Gasteiger charge is -2.35. The van der Waals surface area contributed by atoms with E-state index in [4.69, 9.17) is 4.74 Å². The maximum Gasteiger partial charge on any atom is 0.255 e. The van der Waals surface area contributed by atoms with E-state index in [0.29, 0.717) is 23.2 Å². The molecule has 0 aliphatic carbocycles. The van der Waals surface area contributed by atoms with Gasteiger partial charge < -0.3 is 25.4 Å². The molecule has 3 N–H and O–H groups in total. The van der Waals surface area contributed by atoms with Gasteiger partial charge in [-0.05, 0) is 24.6 Å². The highest BCUT2D eigenvalue weighted by molar-refractivity contribution is 6.00. The standard InChI is InChI=1S/C21H21F2N3O4/c1-30-17-4-2-3-11(19(17)23)9-24-15-8-12(22)7-13-14(15)10-26(21(13)29)16-5-6-18(27)25-20(16)28/h2-4,7-8,16,20,24,28H,5-6,9-10H2,1H3,(H,25,27)/t16-,20?/m0/s1. The van der Waals surface area contributed by atoms with Crippen molar-refractivity contribution >= 4 is 17.5 Å². The van der Waals surface area contributed by atoms with Gasteiger partial charge in [0, 0.05) is 41.9 Å². The molecule has 0 aromatic heterocycles. The van der Waals surface area contributed by atoms with Crippen molar-refractivity contribution in [1.29, 1.82) is 0 Å². The van der Waals surface area contributed by atoms with E-state index in [1.807, 2.05) is 0 Å². The molecule has 1 saturated heterocycles. The number of carbonyl (C=O) groups excluding carboxylic acids is 2. The molecule has 2 aromatic carbocycles. The number of ether oxygens (including phenoxy) is 1. The molecule has 30 heavy (non-hydrogen) atoms. The third-order valence-corrected chi connectivity index (χ3v) is 5.51. The topological polar surface area (TPSA) is 90.9 Å². The van der Waals surface area contributed by atoms with Gasteiger partial charge in [0.2, 0.25) is 5.91 Å². The fourth-order valence-electron chi connectivity index (χ4n) is 3.96. The first-order valence-electron chi connectivity index (χ1n) is 9.55. The Morgan fingerprint density at radius 1 is 1.30 bits per heavy atom. The first kappa shape index (κ1) is 20.1. The van der Waals surface area contributed by atoms with Crippen molar-refractivity contribution in [3.05, 3.63) is 58.7 Å². The zero-order valence-electron chi connectivity index (χ0n) is 16.2. The number of hydrogen-bond acceptors (Lipinski definition) is 5. The van der Waals surface area contributed by atoms with Crippen molar-refractivity contribution in [2.75, 3.05) is 12.4 Å². The Kier molecular flexibility index (Phi) is 5.29. The number of nitrogens with one attached hydrogen (secondary N) is 2. The van der Waals surface area contributed by atoms with Gasteiger partial charge in [-0.1, -0.05) is 12.1 Å². The molecular formula is C21H21F2N3O4. The lowest BCUT2D eigenvalue weighted by molar-refractivity contribution is -0.129. The molecule has 158 valence electrons. The highest BCUT2D eigenvalue weighted by Crippen LogP contribution is 2.34. The number of rotatable bonds is 5. The molecule has 2 aliphatic rings. The Bertz CT molecular complexity index is 1010. The average molecular weight is 417 g/mol. The van der Waals surface area contributed by atoms with E-state index in [1.54, 1.807) is 12.1 Å². The summed E-state index contributed by atoms with van der Waals surface area (Å²) < 4.78 is 33.6. The number of nitrogens with zero attached hydrogens (tertiary/aromatic N) is 1. The number of amides is 2. The van der Waals surface area contributed by atoms with Gasteiger partial charge in [-0.15, -0.1) is 0 Å². The first-order valence-corrected chi connectivity index (χ1v) is 9.55. The number of aliphatic hydroxyl groups is 1. The lowest BCUT2D eigenvalue weighted by atomic mass is 10.0. The van der Waals surface area contributed by atoms with Gasteiger partial charge in [0.1, 0.15) is 12.0 Å². The van der Waals surface area contributed by atoms with E-state index in [0.717, 1.165) is 6.07 Å². The Morgan fingerprint density at radius 3 is 2.83 bits per heavy atom. The Labute approximate surface area is 171 Å². The second kappa shape index (κ2) is 7.91. The SMILES string of the molecule is COc1cccc(CNc2cc(F)cc3c2CN([C@H]2CCC(=O)NC2O)C3=O)c1F. The van der Waals surface area contributed by atoms with Gasteiger partial charge in [0.25, 0.3) is 5.91 Å². The summed E-state index contributed by atoms with van der Waals surface area (Å²) in [6.45, 7) is 0.212. The van der Waals surface area contributed by atoms with Crippen molar-refractivity contribution in [2.24, 2.45) is 0 Å². The van der Waals surface area contributed by atoms with E-state index in [-0.39, 0.29) is 36.7 Å². The first-order chi connectivity index (χ1) is 14.4. The number of benzene rings is 2. The summed E-state index contributed by atoms with van der Waals surface area (Å²) in [5, 5.41) is 15.6. The lowest BCUT2D eigenvalue weighted by Crippen LogP contribution is -2.55. The highest BCUT2D eigenvalue weighted by Gasteiger charge is 2.40. The molecular weight excluding hydrogens is 396 g/mol. The molecule has 2 aromatic rings. The second-order valence-corrected chi connectivity index (χ2v) is 7.32. The third-order valence-electron chi connectivity index (χ3n) is 5.51. The quantitative estimate of drug-likeness (QED) is 0.694. The summed E-state index contributed by atoms with van der Waals surface area (Å²) in [7, 11) is 1.37. The van der Waals surface area contributed by atoms with E-state index in [1.165, 1.54) is 24.1 Å². The van der Waals surface area contributed by atoms with E-state index < -0.39 is 29.8 Å². The number of fused-ring (bicyclic) bond motifs is 1. The second-order valence-electron chi connectivity index (χ2n) is 7.32. The minimum Gasteiger partial charge on any atom is -0.494 e. The van der Waals surface area contributed by atoms with Gasteiger partial charge in [-0.25, -0.2) is 8.78 Å². The van der Waals surface area contributed by atoms with E-state index in [2.05, 4.69) is 10.6 Å². The summed E-state index contributed by atoms with van der Waals surface area (Å²) in [5.74, 6) is -1.71. The van der Waals surface area contributed by atoms with Crippen LogP contribution in [0.15, 0.2) is 30.3 Å². The van der Waals surface area contributed by atoms with Gasteiger partial charge in [-0.2, -0.15) is 0 Å². The van der Waals surface area contributed by atoms with Crippen molar-refractivity contribution in [1.82, 2.24) is 10.2 Å². The van der Waals surface area contributed by atoms with Crippen molar-refractivity contribution in [2.45, 2.75) is 38.2 Å². The molecule has 9 heteroatoms. The minimum atomic E-state index is -1.18. The van der Waals surface area contributed by atoms with Gasteiger partial charge >= 0.3 is 0 Å². The van der Waals surface area contributed by atoms with Crippen LogP contribution in [-0.2, 0) is 17.9 Å². The Hall–Kier alpha value is -3.20. The minimum absolute atomic E-state index is 0.0647. The molecule has 2 atom stereocenters. The van der Waals surface area contributed by atoms with Crippen LogP contribution in [0.2, 0.25) is 0 Å². The van der Waals surface area contributed by atoms with Gasteiger partial charge in [0.05, 0.1) is 13.2 Å². The highest BCUT2D eigenvalue weighted by atomic mass is 19.1. The van der Waals surface area contributed by atoms with Crippen LogP contribution in [0, 0.1) is 11.6 Å². The van der Waals surface area contributed by atoms with Crippen molar-refractivity contribution in [3.63, 3.8) is 0 Å². The van der Waals surface area contributed by atoms with Crippen LogP contribution in [0.3, 0.4) is 0 Å². The molecule has 7 nitrogen and oxygen atoms in total. The van der Waals surface area contributed by atoms with Crippen LogP contribution in [0.25, 0.3) is 0 Å². The van der Waals surface area contributed by atoms with Gasteiger partial charge in [-0.3, -0.25) is 9.59 Å². The molecule has 0 spiro atoms. The molecule has 0 saturated carbocycles. The van der Waals surface area contributed by atoms with Crippen LogP contribution < -0.4 is 15.4 Å². The Morgan fingerprint density at radius 2 is 2.10 bits per heavy atom. The zero-order chi connectivity index (χ0) is 21.4. The number of halogens is 2. The summed E-state index contributed by atoms with van der Waals surface area (Å²) >= 11 is 0. The molecule has 2 aliphatic heterocycles. The summed E-state index contributed by atoms with van der Waals surface area (Å²) in [5.41, 5.74) is 1.46. The predicted octanol–water partition coefficient (Wildman–Crippen LogP) is 2.14. The largest absolute Gasteiger partial charge is 0.494 e. The number of piperidine rings is 1. The van der Waals surface area contributed by atoms with E-state index in [9.17, 15) is 23.5 Å². The molecule has 1 fully saturated rings. The molecule has 4 rings (SSSR count). The smallest absolute Gasteiger partial charge is 0.255 e. The number of hydrogen-bond donors (Lipinski definition) is 3. The van der Waals surface area contributed by atoms with Gasteiger partial charge in [0.15, 0.2) is 11.6 Å². The molecule has 1 unspecified atom stereocenters. The molecule has 2 heterocycles. The zero-order valence-corrected chi connectivity index (χ0v) is 16.2. The van der Waals surface area contributed by atoms with Crippen LogP contribution in [0.5, 0.6) is 5.75 Å². The fraction of sp³-hybridized carbons (Fsp3) is 0.333. The van der Waals surface area contributed by atoms with Crippen molar-refractivity contribution in [3.8, 4) is 5.75 Å². The van der Waals surface area contributed by atoms with Crippen molar-refractivity contribution < 1.29 is 28.2 Å². The maximum atomic E-state index is 14.4. The predicted molar refractivity (Wildman–Crippen MR) is 104 cm³/mol. The molecule has 0 bridgehead atoms. The molecule has 0 radical (unpaired) electrons. The van der Waals surface area contributed by atoms with Crippen LogP contribution >= 0.6 is 0 Å². The number of methoxy groups -OCH3 is 1. The van der Waals surface area contributed by atoms with E-state index >= 15 is 0 Å². The van der Waals surface area contributed by atoms with Crippen LogP contribution in [-0.4, -0.2) is 41.2 Å². The Balaban J connectivity index is 1.58. The monoisotopic (exact) mass is 417 g/mol. The van der Waals surface area contributed by atoms with Crippen LogP contribution in [0.1, 0.15) is 34.3 Å². The summed E-state index contributed by atoms with van der Waals surface area (Å²) in [6.07, 6.45) is -0.680. The fourth-order valence-corrected chi connectivity index (χ4v) is 3.96. The third kappa shape index (κ3) is 3.56. The maximum absolute atomic E-state index is 14.4.